The van der Waals surface area contributed by atoms with Crippen LogP contribution < -0.4 is 0 Å². The van der Waals surface area contributed by atoms with Gasteiger partial charge in [-0.25, -0.2) is 0 Å². The lowest BCUT2D eigenvalue weighted by molar-refractivity contribution is -0.139. The second-order valence-corrected chi connectivity index (χ2v) is 5.72. The molecule has 2 rings (SSSR count). The van der Waals surface area contributed by atoms with Crippen LogP contribution in [0.4, 0.5) is 0 Å². The molecule has 0 spiro atoms. The number of benzene rings is 1. The first-order valence-corrected chi connectivity index (χ1v) is 7.10. The van der Waals surface area contributed by atoms with Gasteiger partial charge in [-0.2, -0.15) is 0 Å². The van der Waals surface area contributed by atoms with Gasteiger partial charge in [-0.3, -0.25) is 9.59 Å². The topological polar surface area (TPSA) is 57.6 Å². The number of halogens is 1. The third-order valence-corrected chi connectivity index (χ3v) is 3.59. The molecule has 0 bridgehead atoms. The van der Waals surface area contributed by atoms with Crippen LogP contribution >= 0.6 is 15.9 Å². The number of aliphatic carboxylic acids is 1. The van der Waals surface area contributed by atoms with Crippen molar-refractivity contribution in [3.63, 3.8) is 0 Å². The normalized spacial score (nSPS) is 14.2. The zero-order valence-electron chi connectivity index (χ0n) is 10.5. The maximum atomic E-state index is 12.1. The Morgan fingerprint density at radius 2 is 2.11 bits per heavy atom. The van der Waals surface area contributed by atoms with Gasteiger partial charge in [-0.1, -0.05) is 28.1 Å². The van der Waals surface area contributed by atoms with Gasteiger partial charge in [-0.15, -0.1) is 0 Å². The van der Waals surface area contributed by atoms with Crippen LogP contribution in [0.25, 0.3) is 0 Å². The lowest BCUT2D eigenvalue weighted by Gasteiger charge is -2.22. The highest BCUT2D eigenvalue weighted by Crippen LogP contribution is 2.31. The molecule has 0 saturated heterocycles. The van der Waals surface area contributed by atoms with Gasteiger partial charge >= 0.3 is 5.97 Å². The summed E-state index contributed by atoms with van der Waals surface area (Å²) in [7, 11) is 0. The van der Waals surface area contributed by atoms with E-state index in [9.17, 15) is 9.59 Å². The summed E-state index contributed by atoms with van der Waals surface area (Å²) >= 11 is 3.40. The van der Waals surface area contributed by atoms with Gasteiger partial charge in [0.1, 0.15) is 0 Å². The number of amides is 1. The third kappa shape index (κ3) is 4.35. The van der Waals surface area contributed by atoms with Gasteiger partial charge < -0.3 is 10.0 Å². The molecule has 19 heavy (non-hydrogen) atoms. The number of rotatable bonds is 6. The molecule has 4 nitrogen and oxygen atoms in total. The molecule has 1 fully saturated rings. The van der Waals surface area contributed by atoms with E-state index in [1.807, 2.05) is 24.3 Å². The predicted molar refractivity (Wildman–Crippen MR) is 74.5 cm³/mol. The van der Waals surface area contributed by atoms with Crippen LogP contribution in [0, 0.1) is 5.92 Å². The van der Waals surface area contributed by atoms with Crippen LogP contribution in [0.15, 0.2) is 28.7 Å². The number of carbonyl (C=O) groups excluding carboxylic acids is 1. The zero-order chi connectivity index (χ0) is 13.8. The van der Waals surface area contributed by atoms with E-state index < -0.39 is 5.97 Å². The van der Waals surface area contributed by atoms with Gasteiger partial charge in [0.2, 0.25) is 5.91 Å². The third-order valence-electron chi connectivity index (χ3n) is 3.10. The van der Waals surface area contributed by atoms with Crippen molar-refractivity contribution in [2.75, 3.05) is 6.54 Å². The van der Waals surface area contributed by atoms with E-state index in [1.165, 1.54) is 0 Å². The summed E-state index contributed by atoms with van der Waals surface area (Å²) in [6.45, 7) is 0.749. The molecule has 0 heterocycles. The molecule has 1 amide bonds. The molecular formula is C14H16BrNO3. The minimum absolute atomic E-state index is 0.00748. The Bertz CT molecular complexity index is 485. The lowest BCUT2D eigenvalue weighted by atomic mass is 10.2. The fourth-order valence-corrected chi connectivity index (χ4v) is 2.39. The fraction of sp³-hybridized carbons (Fsp3) is 0.429. The molecule has 0 aliphatic heterocycles. The second kappa shape index (κ2) is 6.19. The number of carboxylic acids is 1. The maximum Gasteiger partial charge on any atom is 0.305 e. The summed E-state index contributed by atoms with van der Waals surface area (Å²) in [5, 5.41) is 8.76. The average Bonchev–Trinajstić information content (AvgIpc) is 3.17. The van der Waals surface area contributed by atoms with Gasteiger partial charge in [0.05, 0.1) is 6.42 Å². The van der Waals surface area contributed by atoms with Crippen LogP contribution in [0.5, 0.6) is 0 Å². The van der Waals surface area contributed by atoms with Crippen molar-refractivity contribution < 1.29 is 14.7 Å². The summed E-state index contributed by atoms with van der Waals surface area (Å²) in [6.07, 6.45) is 1.86. The highest BCUT2D eigenvalue weighted by atomic mass is 79.9. The molecule has 0 aromatic heterocycles. The smallest absolute Gasteiger partial charge is 0.305 e. The molecule has 5 heteroatoms. The van der Waals surface area contributed by atoms with Crippen molar-refractivity contribution in [1.82, 2.24) is 4.90 Å². The van der Waals surface area contributed by atoms with E-state index in [2.05, 4.69) is 15.9 Å². The number of hydrogen-bond acceptors (Lipinski definition) is 2. The van der Waals surface area contributed by atoms with Gasteiger partial charge in [-0.05, 0) is 30.5 Å². The molecule has 102 valence electrons. The Labute approximate surface area is 120 Å². The van der Waals surface area contributed by atoms with Crippen molar-refractivity contribution in [1.29, 1.82) is 0 Å². The Morgan fingerprint density at radius 1 is 1.37 bits per heavy atom. The van der Waals surface area contributed by atoms with Gasteiger partial charge in [0.25, 0.3) is 0 Å². The highest BCUT2D eigenvalue weighted by Gasteiger charge is 2.33. The van der Waals surface area contributed by atoms with E-state index in [0.717, 1.165) is 22.9 Å². The molecule has 1 aliphatic carbocycles. The lowest BCUT2D eigenvalue weighted by Crippen LogP contribution is -2.33. The van der Waals surface area contributed by atoms with E-state index >= 15 is 0 Å². The standard InChI is InChI=1S/C14H16BrNO3/c15-12-3-1-2-10(8-12)9-16(7-6-13(17)18)14(19)11-4-5-11/h1-3,8,11H,4-7,9H2,(H,17,18). The Hall–Kier alpha value is -1.36. The number of carboxylic acid groups (broad SMARTS) is 1. The quantitative estimate of drug-likeness (QED) is 0.874. The molecule has 1 N–H and O–H groups in total. The monoisotopic (exact) mass is 325 g/mol. The first kappa shape index (κ1) is 14.1. The SMILES string of the molecule is O=C(O)CCN(Cc1cccc(Br)c1)C(=O)C1CC1. The van der Waals surface area contributed by atoms with E-state index in [0.29, 0.717) is 6.54 Å². The fourth-order valence-electron chi connectivity index (χ4n) is 1.94. The molecule has 0 atom stereocenters. The first-order valence-electron chi connectivity index (χ1n) is 6.31. The highest BCUT2D eigenvalue weighted by molar-refractivity contribution is 9.10. The van der Waals surface area contributed by atoms with E-state index in [-0.39, 0.29) is 24.8 Å². The first-order chi connectivity index (χ1) is 9.06. The second-order valence-electron chi connectivity index (χ2n) is 4.81. The largest absolute Gasteiger partial charge is 0.481 e. The summed E-state index contributed by atoms with van der Waals surface area (Å²) < 4.78 is 0.960. The van der Waals surface area contributed by atoms with E-state index in [1.54, 1.807) is 4.90 Å². The Kier molecular flexibility index (Phi) is 4.58. The number of carbonyl (C=O) groups is 2. The molecule has 0 unspecified atom stereocenters. The van der Waals surface area contributed by atoms with Crippen LogP contribution in [-0.2, 0) is 16.1 Å². The van der Waals surface area contributed by atoms with Crippen molar-refractivity contribution in [3.8, 4) is 0 Å². The summed E-state index contributed by atoms with van der Waals surface area (Å²) in [6, 6.07) is 7.73. The summed E-state index contributed by atoms with van der Waals surface area (Å²) in [4.78, 5) is 24.5. The molecule has 1 saturated carbocycles. The minimum Gasteiger partial charge on any atom is -0.481 e. The van der Waals surface area contributed by atoms with Crippen LogP contribution in [-0.4, -0.2) is 28.4 Å². The van der Waals surface area contributed by atoms with Crippen LogP contribution in [0.3, 0.4) is 0 Å². The van der Waals surface area contributed by atoms with Gasteiger partial charge in [0, 0.05) is 23.5 Å². The van der Waals surface area contributed by atoms with Crippen molar-refractivity contribution in [2.45, 2.75) is 25.8 Å². The predicted octanol–water partition coefficient (Wildman–Crippen LogP) is 2.66. The molecule has 1 aromatic carbocycles. The summed E-state index contributed by atoms with van der Waals surface area (Å²) in [5.74, 6) is -0.676. The van der Waals surface area contributed by atoms with Crippen molar-refractivity contribution in [3.05, 3.63) is 34.3 Å². The Morgan fingerprint density at radius 3 is 2.68 bits per heavy atom. The molecule has 1 aromatic rings. The molecule has 1 aliphatic rings. The number of nitrogens with zero attached hydrogens (tertiary/aromatic N) is 1. The van der Waals surface area contributed by atoms with Crippen molar-refractivity contribution in [2.24, 2.45) is 5.92 Å². The van der Waals surface area contributed by atoms with Crippen LogP contribution in [0.1, 0.15) is 24.8 Å². The van der Waals surface area contributed by atoms with Crippen LogP contribution in [0.2, 0.25) is 0 Å². The van der Waals surface area contributed by atoms with E-state index in [4.69, 9.17) is 5.11 Å². The summed E-state index contributed by atoms with van der Waals surface area (Å²) in [5.41, 5.74) is 1.01. The number of hydrogen-bond donors (Lipinski definition) is 1. The zero-order valence-corrected chi connectivity index (χ0v) is 12.1. The average molecular weight is 326 g/mol. The Balaban J connectivity index is 2.03. The van der Waals surface area contributed by atoms with Crippen molar-refractivity contribution >= 4 is 27.8 Å². The van der Waals surface area contributed by atoms with Gasteiger partial charge in [0.15, 0.2) is 0 Å². The molecular weight excluding hydrogens is 310 g/mol. The molecule has 0 radical (unpaired) electrons. The minimum atomic E-state index is -0.872. The maximum absolute atomic E-state index is 12.1.